The third-order valence-electron chi connectivity index (χ3n) is 3.51. The Morgan fingerprint density at radius 3 is 2.84 bits per heavy atom. The van der Waals surface area contributed by atoms with Crippen LogP contribution in [-0.4, -0.2) is 40.9 Å². The summed E-state index contributed by atoms with van der Waals surface area (Å²) in [5.41, 5.74) is 1.25. The monoisotopic (exact) mass is 279 g/mol. The fourth-order valence-corrected chi connectivity index (χ4v) is 3.23. The number of carbonyl (C=O) groups is 1. The van der Waals surface area contributed by atoms with Crippen LogP contribution in [0.1, 0.15) is 24.8 Å². The van der Waals surface area contributed by atoms with E-state index in [1.807, 2.05) is 4.90 Å². The minimum absolute atomic E-state index is 0.0527. The highest BCUT2D eigenvalue weighted by molar-refractivity contribution is 7.99. The summed E-state index contributed by atoms with van der Waals surface area (Å²) in [6.45, 7) is 2.97. The van der Waals surface area contributed by atoms with Crippen molar-refractivity contribution in [3.8, 4) is 0 Å². The van der Waals surface area contributed by atoms with Crippen LogP contribution in [-0.2, 0) is 4.79 Å². The van der Waals surface area contributed by atoms with E-state index in [4.69, 9.17) is 0 Å². The number of hydrogen-bond donors (Lipinski definition) is 1. The molecule has 1 atom stereocenters. The van der Waals surface area contributed by atoms with Crippen LogP contribution in [0.25, 0.3) is 0 Å². The molecule has 1 heterocycles. The van der Waals surface area contributed by atoms with E-state index in [1.165, 1.54) is 10.5 Å². The second-order valence-electron chi connectivity index (χ2n) is 4.98. The van der Waals surface area contributed by atoms with Crippen molar-refractivity contribution < 1.29 is 9.90 Å². The molecule has 0 unspecified atom stereocenters. The SMILES string of the molecule is Cc1ccc(SCCC(=O)N2CCC[C@H]2CO)cc1. The summed E-state index contributed by atoms with van der Waals surface area (Å²) in [5.74, 6) is 0.979. The zero-order valence-electron chi connectivity index (χ0n) is 11.3. The van der Waals surface area contributed by atoms with Gasteiger partial charge in [0.25, 0.3) is 0 Å². The number of aryl methyl sites for hydroxylation is 1. The van der Waals surface area contributed by atoms with E-state index in [1.54, 1.807) is 11.8 Å². The zero-order chi connectivity index (χ0) is 13.7. The Bertz CT molecular complexity index is 419. The predicted molar refractivity (Wildman–Crippen MR) is 78.3 cm³/mol. The lowest BCUT2D eigenvalue weighted by atomic mass is 10.2. The molecule has 0 spiro atoms. The number of amides is 1. The lowest BCUT2D eigenvalue weighted by Crippen LogP contribution is -2.37. The zero-order valence-corrected chi connectivity index (χ0v) is 12.2. The van der Waals surface area contributed by atoms with Crippen LogP contribution < -0.4 is 0 Å². The van der Waals surface area contributed by atoms with Crippen LogP contribution in [0.3, 0.4) is 0 Å². The Morgan fingerprint density at radius 1 is 1.42 bits per heavy atom. The highest BCUT2D eigenvalue weighted by atomic mass is 32.2. The van der Waals surface area contributed by atoms with Crippen molar-refractivity contribution in [1.29, 1.82) is 0 Å². The Hall–Kier alpha value is -1.00. The maximum atomic E-state index is 12.1. The number of aliphatic hydroxyl groups excluding tert-OH is 1. The first-order valence-electron chi connectivity index (χ1n) is 6.80. The van der Waals surface area contributed by atoms with Gasteiger partial charge in [-0.1, -0.05) is 17.7 Å². The number of thioether (sulfide) groups is 1. The van der Waals surface area contributed by atoms with Gasteiger partial charge in [-0.15, -0.1) is 11.8 Å². The van der Waals surface area contributed by atoms with E-state index in [2.05, 4.69) is 31.2 Å². The van der Waals surface area contributed by atoms with Gasteiger partial charge in [-0.2, -0.15) is 0 Å². The summed E-state index contributed by atoms with van der Waals surface area (Å²) in [7, 11) is 0. The highest BCUT2D eigenvalue weighted by Gasteiger charge is 2.27. The number of benzene rings is 1. The molecule has 1 aromatic rings. The molecule has 1 aliphatic heterocycles. The van der Waals surface area contributed by atoms with Crippen molar-refractivity contribution in [2.75, 3.05) is 18.9 Å². The fourth-order valence-electron chi connectivity index (χ4n) is 2.39. The first kappa shape index (κ1) is 14.4. The minimum atomic E-state index is 0.0527. The van der Waals surface area contributed by atoms with E-state index in [0.29, 0.717) is 6.42 Å². The molecule has 1 amide bonds. The second kappa shape index (κ2) is 6.96. The number of rotatable bonds is 5. The van der Waals surface area contributed by atoms with Gasteiger partial charge in [0.05, 0.1) is 12.6 Å². The summed E-state index contributed by atoms with van der Waals surface area (Å²) >= 11 is 1.72. The summed E-state index contributed by atoms with van der Waals surface area (Å²) in [6.07, 6.45) is 2.50. The topological polar surface area (TPSA) is 40.5 Å². The third-order valence-corrected chi connectivity index (χ3v) is 4.53. The third kappa shape index (κ3) is 3.98. The van der Waals surface area contributed by atoms with Gasteiger partial charge < -0.3 is 10.0 Å². The van der Waals surface area contributed by atoms with Crippen LogP contribution in [0, 0.1) is 6.92 Å². The molecule has 0 saturated carbocycles. The van der Waals surface area contributed by atoms with E-state index in [-0.39, 0.29) is 18.6 Å². The van der Waals surface area contributed by atoms with Crippen molar-refractivity contribution >= 4 is 17.7 Å². The van der Waals surface area contributed by atoms with Gasteiger partial charge in [0.2, 0.25) is 5.91 Å². The second-order valence-corrected chi connectivity index (χ2v) is 6.15. The van der Waals surface area contributed by atoms with Gasteiger partial charge in [0, 0.05) is 23.6 Å². The van der Waals surface area contributed by atoms with Crippen molar-refractivity contribution in [2.45, 2.75) is 37.1 Å². The van der Waals surface area contributed by atoms with E-state index in [9.17, 15) is 9.90 Å². The van der Waals surface area contributed by atoms with Crippen LogP contribution in [0.2, 0.25) is 0 Å². The first-order chi connectivity index (χ1) is 9.20. The molecular weight excluding hydrogens is 258 g/mol. The van der Waals surface area contributed by atoms with E-state index < -0.39 is 0 Å². The Morgan fingerprint density at radius 2 is 2.16 bits per heavy atom. The quantitative estimate of drug-likeness (QED) is 0.842. The van der Waals surface area contributed by atoms with Gasteiger partial charge in [-0.3, -0.25) is 4.79 Å². The maximum absolute atomic E-state index is 12.1. The van der Waals surface area contributed by atoms with Crippen molar-refractivity contribution in [2.24, 2.45) is 0 Å². The van der Waals surface area contributed by atoms with Gasteiger partial charge >= 0.3 is 0 Å². The number of nitrogens with zero attached hydrogens (tertiary/aromatic N) is 1. The minimum Gasteiger partial charge on any atom is -0.394 e. The molecule has 0 bridgehead atoms. The van der Waals surface area contributed by atoms with Crippen LogP contribution in [0.5, 0.6) is 0 Å². The molecule has 1 aliphatic rings. The molecule has 4 heteroatoms. The molecule has 1 N–H and O–H groups in total. The number of hydrogen-bond acceptors (Lipinski definition) is 3. The van der Waals surface area contributed by atoms with Crippen molar-refractivity contribution in [3.63, 3.8) is 0 Å². The van der Waals surface area contributed by atoms with Crippen LogP contribution in [0.15, 0.2) is 29.2 Å². The van der Waals surface area contributed by atoms with Gasteiger partial charge in [-0.25, -0.2) is 0 Å². The largest absolute Gasteiger partial charge is 0.394 e. The lowest BCUT2D eigenvalue weighted by Gasteiger charge is -2.22. The smallest absolute Gasteiger partial charge is 0.223 e. The molecule has 2 rings (SSSR count). The van der Waals surface area contributed by atoms with Crippen LogP contribution >= 0.6 is 11.8 Å². The Labute approximate surface area is 119 Å². The molecule has 1 fully saturated rings. The molecule has 104 valence electrons. The number of carbonyl (C=O) groups excluding carboxylic acids is 1. The Balaban J connectivity index is 1.76. The first-order valence-corrected chi connectivity index (χ1v) is 7.79. The molecule has 0 aromatic heterocycles. The predicted octanol–water partition coefficient (Wildman–Crippen LogP) is 2.46. The van der Waals surface area contributed by atoms with Gasteiger partial charge in [0.15, 0.2) is 0 Å². The van der Waals surface area contributed by atoms with E-state index in [0.717, 1.165) is 25.1 Å². The average Bonchev–Trinajstić information content (AvgIpc) is 2.89. The molecule has 3 nitrogen and oxygen atoms in total. The summed E-state index contributed by atoms with van der Waals surface area (Å²) in [5, 5.41) is 9.22. The maximum Gasteiger partial charge on any atom is 0.223 e. The summed E-state index contributed by atoms with van der Waals surface area (Å²) in [4.78, 5) is 15.1. The average molecular weight is 279 g/mol. The summed E-state index contributed by atoms with van der Waals surface area (Å²) in [6, 6.07) is 8.42. The number of aliphatic hydroxyl groups is 1. The molecule has 0 radical (unpaired) electrons. The van der Waals surface area contributed by atoms with Gasteiger partial charge in [0.1, 0.15) is 0 Å². The van der Waals surface area contributed by atoms with Gasteiger partial charge in [-0.05, 0) is 31.9 Å². The van der Waals surface area contributed by atoms with E-state index >= 15 is 0 Å². The molecular formula is C15H21NO2S. The molecule has 19 heavy (non-hydrogen) atoms. The summed E-state index contributed by atoms with van der Waals surface area (Å²) < 4.78 is 0. The standard InChI is InChI=1S/C15H21NO2S/c1-12-4-6-14(7-5-12)19-10-8-15(18)16-9-2-3-13(16)11-17/h4-7,13,17H,2-3,8-11H2,1H3/t13-/m0/s1. The lowest BCUT2D eigenvalue weighted by molar-refractivity contribution is -0.132. The molecule has 1 aromatic carbocycles. The molecule has 0 aliphatic carbocycles. The fraction of sp³-hybridized carbons (Fsp3) is 0.533. The highest BCUT2D eigenvalue weighted by Crippen LogP contribution is 2.22. The Kier molecular flexibility index (Phi) is 5.28. The molecule has 1 saturated heterocycles. The van der Waals surface area contributed by atoms with Crippen molar-refractivity contribution in [1.82, 2.24) is 4.90 Å². The van der Waals surface area contributed by atoms with Crippen LogP contribution in [0.4, 0.5) is 0 Å². The normalized spacial score (nSPS) is 18.8. The number of likely N-dealkylation sites (tertiary alicyclic amines) is 1. The van der Waals surface area contributed by atoms with Crippen molar-refractivity contribution in [3.05, 3.63) is 29.8 Å².